The monoisotopic (exact) mass is 1310 g/mol. The number of nitrogen functional groups attached to an aromatic ring is 1. The normalized spacial score (nSPS) is 17.8. The lowest BCUT2D eigenvalue weighted by Crippen LogP contribution is -2.55. The van der Waals surface area contributed by atoms with Crippen LogP contribution in [0.4, 0.5) is 81.5 Å². The molecule has 474 valence electrons. The molecule has 89 heavy (non-hydrogen) atoms. The van der Waals surface area contributed by atoms with Gasteiger partial charge in [0.25, 0.3) is 45.9 Å². The molecule has 3 unspecified atom stereocenters. The maximum Gasteiger partial charge on any atom is 0.430 e. The zero-order valence-electron chi connectivity index (χ0n) is 45.2. The van der Waals surface area contributed by atoms with Gasteiger partial charge in [0.05, 0.1) is 0 Å². The van der Waals surface area contributed by atoms with E-state index in [1.807, 2.05) is 10.6 Å². The third-order valence-corrected chi connectivity index (χ3v) is 12.4. The predicted molar refractivity (Wildman–Crippen MR) is 288 cm³/mol. The van der Waals surface area contributed by atoms with Crippen molar-refractivity contribution >= 4 is 81.4 Å². The highest BCUT2D eigenvalue weighted by Gasteiger charge is 2.61. The highest BCUT2D eigenvalue weighted by Crippen LogP contribution is 2.40. The van der Waals surface area contributed by atoms with Crippen molar-refractivity contribution in [1.29, 1.82) is 0 Å². The van der Waals surface area contributed by atoms with Crippen molar-refractivity contribution in [3.05, 3.63) is 179 Å². The summed E-state index contributed by atoms with van der Waals surface area (Å²) in [6, 6.07) is 14.2. The Morgan fingerprint density at radius 1 is 0.528 bits per heavy atom. The van der Waals surface area contributed by atoms with Gasteiger partial charge in [-0.05, 0) is 94.4 Å². The lowest BCUT2D eigenvalue weighted by Gasteiger charge is -2.29. The average molecular weight is 1310 g/mol. The second kappa shape index (κ2) is 26.8. The molecule has 10 N–H and O–H groups in total. The predicted octanol–water partition coefficient (Wildman–Crippen LogP) is 5.91. The van der Waals surface area contributed by atoms with Crippen molar-refractivity contribution in [2.75, 3.05) is 16.4 Å². The Balaban J connectivity index is 0.000000205. The molecule has 7 aromatic heterocycles. The zero-order valence-corrected chi connectivity index (χ0v) is 46.7. The number of H-pyrrole nitrogens is 1. The fraction of sp³-hybridized carbons (Fsp3) is 0.245. The van der Waals surface area contributed by atoms with E-state index in [4.69, 9.17) is 34.7 Å². The molecule has 26 nitrogen and oxygen atoms in total. The van der Waals surface area contributed by atoms with Crippen molar-refractivity contribution in [3.8, 4) is 0 Å². The highest BCUT2D eigenvalue weighted by molar-refractivity contribution is 6.30. The summed E-state index contributed by atoms with van der Waals surface area (Å²) >= 11 is 10.9. The molecule has 0 fully saturated rings. The van der Waals surface area contributed by atoms with Gasteiger partial charge in [-0.3, -0.25) is 56.9 Å². The average Bonchev–Trinajstić information content (AvgIpc) is 1.63. The van der Waals surface area contributed by atoms with Gasteiger partial charge in [0.2, 0.25) is 17.0 Å². The van der Waals surface area contributed by atoms with Crippen molar-refractivity contribution in [3.63, 3.8) is 0 Å². The summed E-state index contributed by atoms with van der Waals surface area (Å²) in [5.41, 5.74) is -3.13. The SMILES string of the molecule is CC(=O)CC(F)(F)F.CC1(C(F)(F)F)NC(=O)c2ccc(Cl)c(=O)n21.CC1(C(F)(F)F)NC(=O)c2ccc(Nc3ccncn3)c(=O)n21.CC1(C(F)(F)F)NC(=O)c2ccc(Nc3ccncn3)c(=O)n21.NC(=O)c1ccc(Cl)c(=O)[nH]1.Nc1ccncn1. The quantitative estimate of drug-likeness (QED) is 0.0896. The number of alkyl halides is 12. The number of amides is 4. The van der Waals surface area contributed by atoms with Crippen LogP contribution >= 0.6 is 23.2 Å². The van der Waals surface area contributed by atoms with Crippen LogP contribution in [0.15, 0.2) is 123 Å². The number of rotatable bonds is 6. The molecule has 10 rings (SSSR count). The van der Waals surface area contributed by atoms with Gasteiger partial charge in [-0.15, -0.1) is 0 Å². The first-order chi connectivity index (χ1) is 41.1. The molecular weight excluding hydrogens is 1270 g/mol. The van der Waals surface area contributed by atoms with Crippen LogP contribution in [-0.4, -0.2) is 103 Å². The molecule has 0 saturated heterocycles. The Hall–Kier alpha value is -10.3. The molecule has 0 spiro atoms. The van der Waals surface area contributed by atoms with E-state index in [0.717, 1.165) is 45.0 Å². The number of hydrogen-bond donors (Lipinski definition) is 8. The van der Waals surface area contributed by atoms with Gasteiger partial charge in [0.15, 0.2) is 0 Å². The lowest BCUT2D eigenvalue weighted by atomic mass is 10.2. The van der Waals surface area contributed by atoms with Gasteiger partial charge in [0, 0.05) is 18.6 Å². The van der Waals surface area contributed by atoms with E-state index < -0.39 is 99.8 Å². The summed E-state index contributed by atoms with van der Waals surface area (Å²) in [5.74, 6) is -3.43. The van der Waals surface area contributed by atoms with Crippen LogP contribution < -0.4 is 60.3 Å². The number of anilines is 5. The van der Waals surface area contributed by atoms with Crippen molar-refractivity contribution < 1.29 is 76.7 Å². The second-order valence-electron chi connectivity index (χ2n) is 18.3. The van der Waals surface area contributed by atoms with E-state index in [0.29, 0.717) is 26.4 Å². The summed E-state index contributed by atoms with van der Waals surface area (Å²) < 4.78 is 153. The van der Waals surface area contributed by atoms with Gasteiger partial charge in [-0.2, -0.15) is 52.7 Å². The van der Waals surface area contributed by atoms with Crippen LogP contribution in [0.5, 0.6) is 0 Å². The number of carbonyl (C=O) groups is 5. The molecule has 3 aliphatic rings. The van der Waals surface area contributed by atoms with Crippen LogP contribution in [0, 0.1) is 0 Å². The minimum Gasteiger partial charge on any atom is -0.384 e. The van der Waals surface area contributed by atoms with Crippen LogP contribution in [0.3, 0.4) is 0 Å². The van der Waals surface area contributed by atoms with E-state index in [-0.39, 0.29) is 55.8 Å². The molecule has 0 bridgehead atoms. The van der Waals surface area contributed by atoms with Gasteiger partial charge in [-0.25, -0.2) is 29.9 Å². The number of nitrogens with two attached hydrogens (primary N) is 2. The third kappa shape index (κ3) is 16.0. The number of pyridine rings is 4. The van der Waals surface area contributed by atoms with E-state index in [1.54, 1.807) is 17.6 Å². The summed E-state index contributed by atoms with van der Waals surface area (Å²) in [4.78, 5) is 127. The van der Waals surface area contributed by atoms with Crippen molar-refractivity contribution in [1.82, 2.24) is 64.5 Å². The summed E-state index contributed by atoms with van der Waals surface area (Å²) in [6.07, 6.45) is -11.9. The van der Waals surface area contributed by atoms with Gasteiger partial charge in [0.1, 0.15) is 92.8 Å². The molecule has 0 radical (unpaired) electrons. The van der Waals surface area contributed by atoms with Crippen LogP contribution in [-0.2, 0) is 21.8 Å². The minimum absolute atomic E-state index is 0.0370. The molecule has 3 aliphatic heterocycles. The number of hydrogen-bond acceptors (Lipinski definition) is 18. The summed E-state index contributed by atoms with van der Waals surface area (Å²) in [6.45, 7) is 3.08. The van der Waals surface area contributed by atoms with E-state index in [9.17, 15) is 95.8 Å². The third-order valence-electron chi connectivity index (χ3n) is 11.8. The maximum absolute atomic E-state index is 13.3. The Kier molecular flexibility index (Phi) is 20.9. The van der Waals surface area contributed by atoms with Crippen LogP contribution in [0.1, 0.15) is 76.1 Å². The highest BCUT2D eigenvalue weighted by atomic mass is 35.5. The number of ketones is 1. The smallest absolute Gasteiger partial charge is 0.384 e. The summed E-state index contributed by atoms with van der Waals surface area (Å²) in [5, 5.41) is 10.3. The number of primary amides is 1. The van der Waals surface area contributed by atoms with E-state index >= 15 is 0 Å². The first kappa shape index (κ1) is 69.5. The van der Waals surface area contributed by atoms with Gasteiger partial charge < -0.3 is 43.0 Å². The number of aromatic amines is 1. The standard InChI is InChI=1S/2C13H10F3N5O2.C9H6ClF3N2O2.C6H5ClN2O2.C4H5F3O.C4H5N3/c2*1-12(13(14,15)16)20-10(22)8-3-2-7(11(23)21(8)12)19-9-4-5-17-6-18-9;1-8(9(11,12)13)14-6(16)5-3-2-4(10)7(17)15(5)8;7-3-1-2-4(5(8)10)9-6(3)11;1-3(8)2-4(5,6)7;5-4-1-2-6-3-7-4/h2*2-6H,1H3,(H,20,22)(H,17,18,19);2-3H,1H3,(H,14,16);1-2H,(H2,8,10)(H,9,11);2H2,1H3;1-3H,(H2,5,6,7). The number of nitrogens with zero attached hydrogens (tertiary/aromatic N) is 9. The molecule has 0 saturated carbocycles. The minimum atomic E-state index is -4.84. The Labute approximate surface area is 497 Å². The number of nitrogens with one attached hydrogen (secondary N) is 6. The number of Topliss-reactive ketones (excluding diaryl/α,β-unsaturated/α-hetero) is 1. The fourth-order valence-corrected chi connectivity index (χ4v) is 7.71. The molecule has 0 aliphatic carbocycles. The molecule has 7 aromatic rings. The molecule has 3 atom stereocenters. The molecule has 10 heterocycles. The lowest BCUT2D eigenvalue weighted by molar-refractivity contribution is -0.213. The zero-order chi connectivity index (χ0) is 67.0. The number of carbonyl (C=O) groups excluding carboxylic acids is 5. The largest absolute Gasteiger partial charge is 0.430 e. The Morgan fingerprint density at radius 3 is 1.17 bits per heavy atom. The molecular formula is C49H41Cl2F12N17O9. The Morgan fingerprint density at radius 2 is 0.888 bits per heavy atom. The number of aromatic nitrogens is 10. The molecule has 4 amide bonds. The van der Waals surface area contributed by atoms with Crippen molar-refractivity contribution in [2.24, 2.45) is 5.73 Å². The second-order valence-corrected chi connectivity index (χ2v) is 19.1. The number of halogens is 14. The first-order valence-electron chi connectivity index (χ1n) is 24.0. The first-order valence-corrected chi connectivity index (χ1v) is 24.8. The van der Waals surface area contributed by atoms with E-state index in [1.165, 1.54) is 67.8 Å². The topological polar surface area (TPSA) is 374 Å². The van der Waals surface area contributed by atoms with Crippen LogP contribution in [0.25, 0.3) is 0 Å². The van der Waals surface area contributed by atoms with E-state index in [2.05, 4.69) is 45.5 Å². The van der Waals surface area contributed by atoms with Gasteiger partial charge in [-0.1, -0.05) is 23.2 Å². The maximum atomic E-state index is 13.3. The summed E-state index contributed by atoms with van der Waals surface area (Å²) in [7, 11) is 0. The molecule has 40 heteroatoms. The van der Waals surface area contributed by atoms with Gasteiger partial charge >= 0.3 is 24.7 Å². The molecule has 0 aromatic carbocycles. The number of fused-ring (bicyclic) bond motifs is 3. The Bertz CT molecular complexity index is 3900. The van der Waals surface area contributed by atoms with Crippen molar-refractivity contribution in [2.45, 2.75) is 75.8 Å². The fourth-order valence-electron chi connectivity index (χ4n) is 7.45. The van der Waals surface area contributed by atoms with Crippen LogP contribution in [0.2, 0.25) is 10.0 Å².